The number of halogens is 1. The van der Waals surface area contributed by atoms with Crippen LogP contribution in [0.1, 0.15) is 25.5 Å². The van der Waals surface area contributed by atoms with E-state index in [1.54, 1.807) is 27.0 Å². The second-order valence-electron chi connectivity index (χ2n) is 4.54. The highest BCUT2D eigenvalue weighted by Gasteiger charge is 2.33. The number of ether oxygens (including phenoxy) is 1. The minimum Gasteiger partial charge on any atom is -0.598 e. The maximum Gasteiger partial charge on any atom is 0.123 e. The zero-order valence-corrected chi connectivity index (χ0v) is 13.3. The van der Waals surface area contributed by atoms with Crippen LogP contribution in [0.4, 0.5) is 0 Å². The number of rotatable bonds is 5. The van der Waals surface area contributed by atoms with Crippen molar-refractivity contribution in [3.05, 3.63) is 28.2 Å². The van der Waals surface area contributed by atoms with Gasteiger partial charge in [0.2, 0.25) is 0 Å². The number of hydrogen-bond donors (Lipinski definition) is 2. The number of aliphatic hydroxyl groups is 1. The van der Waals surface area contributed by atoms with E-state index in [4.69, 9.17) is 4.74 Å². The van der Waals surface area contributed by atoms with Crippen molar-refractivity contribution in [3.63, 3.8) is 0 Å². The summed E-state index contributed by atoms with van der Waals surface area (Å²) in [4.78, 5) is 0. The summed E-state index contributed by atoms with van der Waals surface area (Å²) in [6.45, 7) is 3.33. The Balaban J connectivity index is 3.23. The van der Waals surface area contributed by atoms with Crippen molar-refractivity contribution in [3.8, 4) is 5.75 Å². The first-order valence-corrected chi connectivity index (χ1v) is 7.76. The van der Waals surface area contributed by atoms with Crippen molar-refractivity contribution in [1.82, 2.24) is 4.72 Å². The topological polar surface area (TPSA) is 64.5 Å². The third kappa shape index (κ3) is 4.13. The van der Waals surface area contributed by atoms with E-state index in [2.05, 4.69) is 20.7 Å². The van der Waals surface area contributed by atoms with Crippen LogP contribution in [0, 0.1) is 0 Å². The minimum atomic E-state index is -1.24. The van der Waals surface area contributed by atoms with Gasteiger partial charge in [-0.05, 0) is 32.0 Å². The summed E-state index contributed by atoms with van der Waals surface area (Å²) >= 11 is 2.15. The predicted octanol–water partition coefficient (Wildman–Crippen LogP) is 2.15. The van der Waals surface area contributed by atoms with Crippen LogP contribution in [0.5, 0.6) is 5.75 Å². The molecular weight excluding hydrogens is 318 g/mol. The largest absolute Gasteiger partial charge is 0.598 e. The van der Waals surface area contributed by atoms with E-state index < -0.39 is 23.0 Å². The van der Waals surface area contributed by atoms with Gasteiger partial charge in [0.15, 0.2) is 0 Å². The zero-order chi connectivity index (χ0) is 13.9. The van der Waals surface area contributed by atoms with Crippen LogP contribution in [0.15, 0.2) is 22.7 Å². The molecule has 18 heavy (non-hydrogen) atoms. The molecule has 0 fully saturated rings. The quantitative estimate of drug-likeness (QED) is 0.809. The van der Waals surface area contributed by atoms with Crippen LogP contribution in [-0.4, -0.2) is 28.6 Å². The summed E-state index contributed by atoms with van der Waals surface area (Å²) < 4.78 is 20.4. The summed E-state index contributed by atoms with van der Waals surface area (Å²) in [6, 6.07) is 5.02. The third-order valence-corrected chi connectivity index (χ3v) is 3.55. The first kappa shape index (κ1) is 15.8. The highest BCUT2D eigenvalue weighted by atomic mass is 79.9. The van der Waals surface area contributed by atoms with Crippen LogP contribution >= 0.6 is 15.9 Å². The second-order valence-corrected chi connectivity index (χ2v) is 6.60. The van der Waals surface area contributed by atoms with Gasteiger partial charge in [0, 0.05) is 21.4 Å². The van der Waals surface area contributed by atoms with E-state index in [1.165, 1.54) is 6.26 Å². The fourth-order valence-corrected chi connectivity index (χ4v) is 2.81. The molecule has 4 nitrogen and oxygen atoms in total. The fraction of sp³-hybridized carbons (Fsp3) is 0.500. The van der Waals surface area contributed by atoms with Crippen LogP contribution in [0.3, 0.4) is 0 Å². The molecule has 0 spiro atoms. The molecule has 2 N–H and O–H groups in total. The highest BCUT2D eigenvalue weighted by Crippen LogP contribution is 2.34. The summed E-state index contributed by atoms with van der Waals surface area (Å²) in [5, 5.41) is 10.2. The van der Waals surface area contributed by atoms with E-state index >= 15 is 0 Å². The molecule has 1 rings (SSSR count). The van der Waals surface area contributed by atoms with E-state index in [-0.39, 0.29) is 0 Å². The maximum absolute atomic E-state index is 11.4. The molecule has 102 valence electrons. The molecule has 2 atom stereocenters. The van der Waals surface area contributed by atoms with Crippen molar-refractivity contribution in [2.45, 2.75) is 25.5 Å². The lowest BCUT2D eigenvalue weighted by Crippen LogP contribution is -2.41. The van der Waals surface area contributed by atoms with Gasteiger partial charge in [0.1, 0.15) is 18.0 Å². The minimum absolute atomic E-state index is 0.490. The Labute approximate surface area is 119 Å². The normalized spacial score (nSPS) is 15.3. The molecule has 1 aromatic rings. The maximum atomic E-state index is 11.4. The van der Waals surface area contributed by atoms with Gasteiger partial charge in [-0.25, -0.2) is 0 Å². The van der Waals surface area contributed by atoms with Crippen molar-refractivity contribution < 1.29 is 14.4 Å². The summed E-state index contributed by atoms with van der Waals surface area (Å²) in [5.41, 5.74) is -0.311. The summed E-state index contributed by atoms with van der Waals surface area (Å²) in [5.74, 6) is 0.642. The molecule has 0 aliphatic heterocycles. The van der Waals surface area contributed by atoms with Crippen molar-refractivity contribution in [2.75, 3.05) is 13.4 Å². The molecule has 0 amide bonds. The molecule has 0 saturated heterocycles. The lowest BCUT2D eigenvalue weighted by atomic mass is 9.92. The number of hydrogen-bond acceptors (Lipinski definition) is 4. The van der Waals surface area contributed by atoms with Gasteiger partial charge in [-0.3, -0.25) is 0 Å². The monoisotopic (exact) mass is 335 g/mol. The van der Waals surface area contributed by atoms with Crippen molar-refractivity contribution in [2.24, 2.45) is 0 Å². The fourth-order valence-electron chi connectivity index (χ4n) is 1.68. The Morgan fingerprint density at radius 2 is 2.11 bits per heavy atom. The van der Waals surface area contributed by atoms with Gasteiger partial charge in [-0.1, -0.05) is 15.9 Å². The van der Waals surface area contributed by atoms with Crippen LogP contribution in [0.2, 0.25) is 0 Å². The smallest absolute Gasteiger partial charge is 0.123 e. The van der Waals surface area contributed by atoms with Crippen LogP contribution < -0.4 is 9.46 Å². The molecule has 0 aliphatic rings. The number of nitrogens with one attached hydrogen (secondary N) is 1. The van der Waals surface area contributed by atoms with Crippen LogP contribution in [-0.2, 0) is 11.4 Å². The molecule has 0 radical (unpaired) electrons. The average Bonchev–Trinajstić information content (AvgIpc) is 2.24. The number of methoxy groups -OCH3 is 1. The highest BCUT2D eigenvalue weighted by molar-refractivity contribution is 9.10. The lowest BCUT2D eigenvalue weighted by molar-refractivity contribution is 0.0447. The summed E-state index contributed by atoms with van der Waals surface area (Å²) in [7, 11) is 1.57. The van der Waals surface area contributed by atoms with Crippen LogP contribution in [0.25, 0.3) is 0 Å². The SMILES string of the molecule is COc1ccc(Br)cc1C(N[S+](C)[O-])C(C)(C)O. The number of benzene rings is 1. The van der Waals surface area contributed by atoms with Gasteiger partial charge < -0.3 is 14.4 Å². The Morgan fingerprint density at radius 1 is 1.50 bits per heavy atom. The van der Waals surface area contributed by atoms with E-state index in [0.717, 1.165) is 10.0 Å². The molecule has 2 unspecified atom stereocenters. The molecule has 0 bridgehead atoms. The lowest BCUT2D eigenvalue weighted by Gasteiger charge is -2.30. The van der Waals surface area contributed by atoms with Gasteiger partial charge in [0.25, 0.3) is 0 Å². The van der Waals surface area contributed by atoms with E-state index in [0.29, 0.717) is 5.75 Å². The third-order valence-electron chi connectivity index (χ3n) is 2.49. The zero-order valence-electron chi connectivity index (χ0n) is 10.9. The van der Waals surface area contributed by atoms with Gasteiger partial charge >= 0.3 is 0 Å². The molecule has 0 saturated carbocycles. The Morgan fingerprint density at radius 3 is 2.56 bits per heavy atom. The average molecular weight is 336 g/mol. The molecule has 6 heteroatoms. The standard InChI is InChI=1S/C12H18BrNO3S/c1-12(2,15)11(14-18(4)16)9-7-8(13)5-6-10(9)17-3/h5-7,11,14-15H,1-4H3. The molecule has 0 heterocycles. The Hall–Kier alpha value is -0.270. The van der Waals surface area contributed by atoms with Crippen molar-refractivity contribution >= 4 is 27.3 Å². The molecular formula is C12H18BrNO3S. The molecule has 1 aromatic carbocycles. The first-order valence-electron chi connectivity index (χ1n) is 5.41. The van der Waals surface area contributed by atoms with E-state index in [1.807, 2.05) is 12.1 Å². The van der Waals surface area contributed by atoms with Gasteiger partial charge in [-0.2, -0.15) is 0 Å². The Kier molecular flexibility index (Phi) is 5.48. The van der Waals surface area contributed by atoms with Gasteiger partial charge in [-0.15, -0.1) is 4.72 Å². The Bertz CT molecular complexity index is 407. The predicted molar refractivity (Wildman–Crippen MR) is 76.9 cm³/mol. The van der Waals surface area contributed by atoms with E-state index in [9.17, 15) is 9.66 Å². The second kappa shape index (κ2) is 6.25. The van der Waals surface area contributed by atoms with Crippen molar-refractivity contribution in [1.29, 1.82) is 0 Å². The van der Waals surface area contributed by atoms with Gasteiger partial charge in [0.05, 0.1) is 12.7 Å². The summed E-state index contributed by atoms with van der Waals surface area (Å²) in [6.07, 6.45) is 1.53. The first-order chi connectivity index (χ1) is 8.25. The molecule has 0 aromatic heterocycles. The molecule has 0 aliphatic carbocycles.